The Labute approximate surface area is 193 Å². The molecule has 0 aliphatic rings. The van der Waals surface area contributed by atoms with Crippen LogP contribution in [0.15, 0.2) is 97.1 Å². The number of rotatable bonds is 4. The highest BCUT2D eigenvalue weighted by Crippen LogP contribution is 2.51. The molecule has 1 nitrogen and oxygen atoms in total. The fourth-order valence-corrected chi connectivity index (χ4v) is 4.38. The highest BCUT2D eigenvalue weighted by Gasteiger charge is 2.39. The molecular formula is C31H34N+. The average Bonchev–Trinajstić information content (AvgIpc) is 2.77. The molecule has 32 heavy (non-hydrogen) atoms. The molecule has 0 saturated heterocycles. The molecule has 0 atom stereocenters. The molecule has 0 unspecified atom stereocenters. The van der Waals surface area contributed by atoms with Crippen molar-refractivity contribution in [3.63, 3.8) is 0 Å². The molecule has 4 aromatic carbocycles. The summed E-state index contributed by atoms with van der Waals surface area (Å²) in [6.45, 7) is 13.2. The molecule has 0 fully saturated rings. The SMILES string of the molecule is Cc1ccc([N+](c2ccc(C)cc2)(c2ccc(C)cc2)c2ccc(C(C)(C)C)cc2)cc1. The van der Waals surface area contributed by atoms with Crippen LogP contribution in [0.4, 0.5) is 22.7 Å². The maximum Gasteiger partial charge on any atom is 0.148 e. The van der Waals surface area contributed by atoms with Gasteiger partial charge in [-0.1, -0.05) is 86.0 Å². The zero-order valence-corrected chi connectivity index (χ0v) is 20.2. The molecule has 0 aliphatic heterocycles. The molecule has 0 radical (unpaired) electrons. The van der Waals surface area contributed by atoms with Gasteiger partial charge in [0, 0.05) is 48.5 Å². The maximum atomic E-state index is 2.31. The van der Waals surface area contributed by atoms with Crippen LogP contribution in [0.1, 0.15) is 43.0 Å². The monoisotopic (exact) mass is 420 g/mol. The van der Waals surface area contributed by atoms with Gasteiger partial charge in [-0.05, 0) is 31.7 Å². The van der Waals surface area contributed by atoms with Crippen molar-refractivity contribution in [3.8, 4) is 0 Å². The van der Waals surface area contributed by atoms with Crippen molar-refractivity contribution < 1.29 is 0 Å². The minimum atomic E-state index is 0.117. The average molecular weight is 421 g/mol. The van der Waals surface area contributed by atoms with Gasteiger partial charge < -0.3 is 0 Å². The van der Waals surface area contributed by atoms with E-state index in [4.69, 9.17) is 0 Å². The topological polar surface area (TPSA) is 0 Å². The minimum Gasteiger partial charge on any atom is -0.194 e. The normalized spacial score (nSPS) is 12.1. The minimum absolute atomic E-state index is 0.117. The van der Waals surface area contributed by atoms with Gasteiger partial charge in [0.25, 0.3) is 0 Å². The number of hydrogen-bond donors (Lipinski definition) is 0. The van der Waals surface area contributed by atoms with Gasteiger partial charge in [-0.2, -0.15) is 4.48 Å². The van der Waals surface area contributed by atoms with E-state index in [1.807, 2.05) is 0 Å². The van der Waals surface area contributed by atoms with Crippen molar-refractivity contribution in [3.05, 3.63) is 119 Å². The second-order valence-electron chi connectivity index (χ2n) is 9.97. The van der Waals surface area contributed by atoms with Gasteiger partial charge in [0.15, 0.2) is 0 Å². The van der Waals surface area contributed by atoms with Gasteiger partial charge in [0.05, 0.1) is 0 Å². The summed E-state index contributed by atoms with van der Waals surface area (Å²) in [6.07, 6.45) is 0. The predicted octanol–water partition coefficient (Wildman–Crippen LogP) is 9.21. The third-order valence-corrected chi connectivity index (χ3v) is 6.38. The van der Waals surface area contributed by atoms with Crippen LogP contribution in [-0.4, -0.2) is 0 Å². The Balaban J connectivity index is 2.08. The summed E-state index contributed by atoms with van der Waals surface area (Å²) in [5, 5.41) is 0. The molecule has 0 amide bonds. The number of quaternary nitrogens is 1. The Bertz CT molecular complexity index is 1060. The zero-order chi connectivity index (χ0) is 22.9. The molecule has 0 spiro atoms. The Morgan fingerprint density at radius 2 is 0.656 bits per heavy atom. The molecule has 1 heteroatoms. The largest absolute Gasteiger partial charge is 0.194 e. The fourth-order valence-electron chi connectivity index (χ4n) is 4.38. The van der Waals surface area contributed by atoms with E-state index >= 15 is 0 Å². The lowest BCUT2D eigenvalue weighted by atomic mass is 9.87. The zero-order valence-electron chi connectivity index (χ0n) is 20.2. The predicted molar refractivity (Wildman–Crippen MR) is 139 cm³/mol. The Morgan fingerprint density at radius 1 is 0.406 bits per heavy atom. The molecule has 0 heterocycles. The molecule has 0 bridgehead atoms. The van der Waals surface area contributed by atoms with Gasteiger partial charge >= 0.3 is 0 Å². The summed E-state index contributed by atoms with van der Waals surface area (Å²) in [7, 11) is 0. The molecule has 4 aromatic rings. The molecule has 162 valence electrons. The smallest absolute Gasteiger partial charge is 0.148 e. The van der Waals surface area contributed by atoms with Crippen LogP contribution in [0.2, 0.25) is 0 Å². The van der Waals surface area contributed by atoms with Crippen molar-refractivity contribution in [2.45, 2.75) is 47.0 Å². The van der Waals surface area contributed by atoms with Crippen LogP contribution < -0.4 is 4.48 Å². The third kappa shape index (κ3) is 4.01. The first-order valence-electron chi connectivity index (χ1n) is 11.4. The van der Waals surface area contributed by atoms with Gasteiger partial charge in [0.2, 0.25) is 0 Å². The van der Waals surface area contributed by atoms with E-state index in [1.54, 1.807) is 0 Å². The van der Waals surface area contributed by atoms with Crippen LogP contribution in [0.3, 0.4) is 0 Å². The summed E-state index contributed by atoms with van der Waals surface area (Å²) in [5.41, 5.74) is 10.2. The number of aryl methyl sites for hydroxylation is 3. The summed E-state index contributed by atoms with van der Waals surface area (Å²) < 4.78 is 0.547. The fraction of sp³-hybridized carbons (Fsp3) is 0.226. The van der Waals surface area contributed by atoms with Crippen molar-refractivity contribution in [1.82, 2.24) is 4.48 Å². The quantitative estimate of drug-likeness (QED) is 0.289. The van der Waals surface area contributed by atoms with E-state index in [1.165, 1.54) is 45.0 Å². The maximum absolute atomic E-state index is 2.31. The Hall–Kier alpha value is -3.16. The summed E-state index contributed by atoms with van der Waals surface area (Å²) >= 11 is 0. The van der Waals surface area contributed by atoms with E-state index < -0.39 is 0 Å². The van der Waals surface area contributed by atoms with Gasteiger partial charge in [-0.25, -0.2) is 0 Å². The Kier molecular flexibility index (Phi) is 5.79. The lowest BCUT2D eigenvalue weighted by Crippen LogP contribution is -2.33. The molecular weight excluding hydrogens is 386 g/mol. The van der Waals surface area contributed by atoms with Crippen molar-refractivity contribution in [1.29, 1.82) is 0 Å². The molecule has 0 N–H and O–H groups in total. The lowest BCUT2D eigenvalue weighted by Gasteiger charge is -2.37. The van der Waals surface area contributed by atoms with Crippen molar-refractivity contribution >= 4 is 22.7 Å². The first-order chi connectivity index (χ1) is 15.2. The molecule has 4 rings (SSSR count). The molecule has 0 aliphatic carbocycles. The summed E-state index contributed by atoms with van der Waals surface area (Å²) in [6, 6.07) is 36.1. The van der Waals surface area contributed by atoms with E-state index in [0.717, 1.165) is 0 Å². The van der Waals surface area contributed by atoms with Crippen LogP contribution in [0, 0.1) is 20.8 Å². The van der Waals surface area contributed by atoms with E-state index in [2.05, 4.69) is 139 Å². The molecule has 0 aromatic heterocycles. The second-order valence-corrected chi connectivity index (χ2v) is 9.97. The summed E-state index contributed by atoms with van der Waals surface area (Å²) in [5.74, 6) is 0. The first-order valence-corrected chi connectivity index (χ1v) is 11.4. The molecule has 0 saturated carbocycles. The van der Waals surface area contributed by atoms with Crippen molar-refractivity contribution in [2.75, 3.05) is 0 Å². The van der Waals surface area contributed by atoms with Gasteiger partial charge in [-0.15, -0.1) is 0 Å². The van der Waals surface area contributed by atoms with E-state index in [-0.39, 0.29) is 5.41 Å². The van der Waals surface area contributed by atoms with Gasteiger partial charge in [0.1, 0.15) is 22.7 Å². The third-order valence-electron chi connectivity index (χ3n) is 6.38. The van der Waals surface area contributed by atoms with Crippen LogP contribution >= 0.6 is 0 Å². The van der Waals surface area contributed by atoms with Crippen molar-refractivity contribution in [2.24, 2.45) is 0 Å². The number of nitrogens with zero attached hydrogens (tertiary/aromatic N) is 1. The van der Waals surface area contributed by atoms with Crippen LogP contribution in [-0.2, 0) is 5.41 Å². The summed E-state index contributed by atoms with van der Waals surface area (Å²) in [4.78, 5) is 0. The standard InChI is InChI=1S/C31H34N/c1-23-7-15-27(16-8-23)32(28-17-9-24(2)10-18-28,29-19-11-25(3)12-20-29)30-21-13-26(14-22-30)31(4,5)6/h7-22H,1-6H3/q+1. The number of benzene rings is 4. The van der Waals surface area contributed by atoms with Crippen LogP contribution in [0.25, 0.3) is 0 Å². The second kappa shape index (κ2) is 8.41. The van der Waals surface area contributed by atoms with Gasteiger partial charge in [-0.3, -0.25) is 0 Å². The van der Waals surface area contributed by atoms with E-state index in [0.29, 0.717) is 4.48 Å². The first kappa shape index (κ1) is 22.0. The van der Waals surface area contributed by atoms with E-state index in [9.17, 15) is 0 Å². The highest BCUT2D eigenvalue weighted by molar-refractivity contribution is 5.81. The Morgan fingerprint density at radius 3 is 0.906 bits per heavy atom. The highest BCUT2D eigenvalue weighted by atomic mass is 15.4. The number of hydrogen-bond acceptors (Lipinski definition) is 0. The van der Waals surface area contributed by atoms with Crippen LogP contribution in [0.5, 0.6) is 0 Å². The lowest BCUT2D eigenvalue weighted by molar-refractivity contribution is 0.589.